The van der Waals surface area contributed by atoms with Crippen molar-refractivity contribution < 1.29 is 18.3 Å². The Morgan fingerprint density at radius 1 is 0.964 bits per heavy atom. The molecule has 0 fully saturated rings. The van der Waals surface area contributed by atoms with Gasteiger partial charge in [0, 0.05) is 12.1 Å². The predicted molar refractivity (Wildman–Crippen MR) is 112 cm³/mol. The molecule has 0 saturated carbocycles. The monoisotopic (exact) mass is 403 g/mol. The Morgan fingerprint density at radius 2 is 1.57 bits per heavy atom. The van der Waals surface area contributed by atoms with Gasteiger partial charge in [0.1, 0.15) is 5.25 Å². The summed E-state index contributed by atoms with van der Waals surface area (Å²) >= 11 is 0. The molecule has 0 spiro atoms. The van der Waals surface area contributed by atoms with Crippen molar-refractivity contribution >= 4 is 21.4 Å². The lowest BCUT2D eigenvalue weighted by atomic mass is 10.0. The summed E-state index contributed by atoms with van der Waals surface area (Å²) in [5.41, 5.74) is 0.598. The molecule has 0 aliphatic heterocycles. The van der Waals surface area contributed by atoms with Gasteiger partial charge in [0.25, 0.3) is 0 Å². The fourth-order valence-corrected chi connectivity index (χ4v) is 4.93. The van der Waals surface area contributed by atoms with E-state index < -0.39 is 27.1 Å². The van der Waals surface area contributed by atoms with Gasteiger partial charge < -0.3 is 10.4 Å². The van der Waals surface area contributed by atoms with Crippen molar-refractivity contribution in [1.82, 2.24) is 0 Å². The van der Waals surface area contributed by atoms with Gasteiger partial charge in [0.15, 0.2) is 9.84 Å². The molecule has 2 N–H and O–H groups in total. The lowest BCUT2D eigenvalue weighted by Gasteiger charge is -2.23. The highest BCUT2D eigenvalue weighted by Gasteiger charge is 2.35. The number of unbranched alkanes of at least 4 members (excludes halogenated alkanes) is 3. The Kier molecular flexibility index (Phi) is 8.67. The second kappa shape index (κ2) is 11.0. The van der Waals surface area contributed by atoms with E-state index in [0.717, 1.165) is 25.7 Å². The molecule has 5 nitrogen and oxygen atoms in total. The van der Waals surface area contributed by atoms with Crippen molar-refractivity contribution in [3.63, 3.8) is 0 Å². The molecule has 0 aliphatic rings. The Bertz CT molecular complexity index is 822. The minimum Gasteiger partial charge on any atom is -0.392 e. The van der Waals surface area contributed by atoms with Crippen LogP contribution in [0.25, 0.3) is 0 Å². The summed E-state index contributed by atoms with van der Waals surface area (Å²) in [7, 11) is -3.84. The van der Waals surface area contributed by atoms with Crippen LogP contribution in [0.15, 0.2) is 65.6 Å². The van der Waals surface area contributed by atoms with E-state index in [0.29, 0.717) is 12.1 Å². The third-order valence-electron chi connectivity index (χ3n) is 4.70. The fourth-order valence-electron chi connectivity index (χ4n) is 3.12. The normalized spacial score (nSPS) is 13.6. The third kappa shape index (κ3) is 6.46. The zero-order valence-electron chi connectivity index (χ0n) is 16.3. The van der Waals surface area contributed by atoms with Crippen LogP contribution in [0.2, 0.25) is 0 Å². The Morgan fingerprint density at radius 3 is 2.18 bits per heavy atom. The van der Waals surface area contributed by atoms with E-state index in [4.69, 9.17) is 0 Å². The fraction of sp³-hybridized carbons (Fsp3) is 0.409. The summed E-state index contributed by atoms with van der Waals surface area (Å²) < 4.78 is 26.2. The molecule has 6 heteroatoms. The Labute approximate surface area is 167 Å². The van der Waals surface area contributed by atoms with E-state index in [2.05, 4.69) is 12.2 Å². The molecule has 2 aromatic rings. The maximum Gasteiger partial charge on any atom is 0.225 e. The first-order valence-corrected chi connectivity index (χ1v) is 11.3. The lowest BCUT2D eigenvalue weighted by molar-refractivity contribution is -0.116. The van der Waals surface area contributed by atoms with Crippen molar-refractivity contribution in [3.05, 3.63) is 60.7 Å². The highest BCUT2D eigenvalue weighted by Crippen LogP contribution is 2.24. The second-order valence-electron chi connectivity index (χ2n) is 6.93. The number of aliphatic hydroxyl groups is 1. The van der Waals surface area contributed by atoms with Crippen molar-refractivity contribution in [3.8, 4) is 0 Å². The minimum atomic E-state index is -3.84. The number of nitrogens with one attached hydrogen (secondary N) is 1. The van der Waals surface area contributed by atoms with Gasteiger partial charge >= 0.3 is 0 Å². The second-order valence-corrected chi connectivity index (χ2v) is 9.10. The summed E-state index contributed by atoms with van der Waals surface area (Å²) in [4.78, 5) is 12.6. The Hall–Kier alpha value is -2.18. The SMILES string of the molecule is CCCCCCC(O)C(CC(=O)Nc1ccccc1)S(=O)(=O)c1ccccc1. The quantitative estimate of drug-likeness (QED) is 0.551. The molecule has 0 aliphatic carbocycles. The van der Waals surface area contributed by atoms with Crippen LogP contribution in [0, 0.1) is 0 Å². The summed E-state index contributed by atoms with van der Waals surface area (Å²) in [6.07, 6.45) is 2.73. The van der Waals surface area contributed by atoms with E-state index in [1.807, 2.05) is 6.07 Å². The van der Waals surface area contributed by atoms with Crippen LogP contribution in [0.1, 0.15) is 45.4 Å². The van der Waals surface area contributed by atoms with Crippen LogP contribution in [0.4, 0.5) is 5.69 Å². The number of carbonyl (C=O) groups excluding carboxylic acids is 1. The molecule has 2 rings (SSSR count). The molecular formula is C22H29NO4S. The zero-order valence-corrected chi connectivity index (χ0v) is 17.1. The number of anilines is 1. The van der Waals surface area contributed by atoms with Crippen molar-refractivity contribution in [2.24, 2.45) is 0 Å². The topological polar surface area (TPSA) is 83.5 Å². The van der Waals surface area contributed by atoms with Crippen molar-refractivity contribution in [2.75, 3.05) is 5.32 Å². The van der Waals surface area contributed by atoms with Gasteiger partial charge in [-0.15, -0.1) is 0 Å². The number of sulfone groups is 1. The van der Waals surface area contributed by atoms with Gasteiger partial charge in [-0.25, -0.2) is 8.42 Å². The van der Waals surface area contributed by atoms with Gasteiger partial charge in [0.2, 0.25) is 5.91 Å². The first-order valence-electron chi connectivity index (χ1n) is 9.77. The van der Waals surface area contributed by atoms with Crippen LogP contribution in [-0.4, -0.2) is 30.8 Å². The van der Waals surface area contributed by atoms with Gasteiger partial charge in [-0.05, 0) is 30.7 Å². The molecule has 0 bridgehead atoms. The molecule has 2 unspecified atom stereocenters. The molecule has 2 aromatic carbocycles. The number of amides is 1. The smallest absolute Gasteiger partial charge is 0.225 e. The highest BCUT2D eigenvalue weighted by atomic mass is 32.2. The summed E-state index contributed by atoms with van der Waals surface area (Å²) in [6.45, 7) is 2.09. The maximum atomic E-state index is 13.1. The number of hydrogen-bond donors (Lipinski definition) is 2. The molecule has 28 heavy (non-hydrogen) atoms. The molecule has 0 radical (unpaired) electrons. The van der Waals surface area contributed by atoms with Gasteiger partial charge in [0.05, 0.1) is 11.0 Å². The summed E-state index contributed by atoms with van der Waals surface area (Å²) in [5, 5.41) is 12.2. The van der Waals surface area contributed by atoms with E-state index >= 15 is 0 Å². The summed E-state index contributed by atoms with van der Waals surface area (Å²) in [5.74, 6) is -0.427. The Balaban J connectivity index is 2.16. The van der Waals surface area contributed by atoms with E-state index in [1.54, 1.807) is 42.5 Å². The van der Waals surface area contributed by atoms with Crippen LogP contribution < -0.4 is 5.32 Å². The van der Waals surface area contributed by atoms with E-state index in [-0.39, 0.29) is 11.3 Å². The molecule has 152 valence electrons. The highest BCUT2D eigenvalue weighted by molar-refractivity contribution is 7.92. The number of hydrogen-bond acceptors (Lipinski definition) is 4. The maximum absolute atomic E-state index is 13.1. The number of benzene rings is 2. The zero-order chi connectivity index (χ0) is 20.4. The largest absolute Gasteiger partial charge is 0.392 e. The molecule has 0 heterocycles. The molecule has 0 aromatic heterocycles. The molecule has 1 amide bonds. The average molecular weight is 404 g/mol. The number of aliphatic hydroxyl groups excluding tert-OH is 1. The number of rotatable bonds is 11. The summed E-state index contributed by atoms with van der Waals surface area (Å²) in [6, 6.07) is 16.9. The lowest BCUT2D eigenvalue weighted by Crippen LogP contribution is -2.37. The number of para-hydroxylation sites is 1. The average Bonchev–Trinajstić information content (AvgIpc) is 2.70. The van der Waals surface area contributed by atoms with Gasteiger partial charge in [-0.2, -0.15) is 0 Å². The molecule has 2 atom stereocenters. The standard InChI is InChI=1S/C22H29NO4S/c1-2-3-4-11-16-20(24)21(28(26,27)19-14-9-6-10-15-19)17-22(25)23-18-12-7-5-8-13-18/h5-10,12-15,20-21,24H,2-4,11,16-17H2,1H3,(H,23,25). The predicted octanol–water partition coefficient (Wildman–Crippen LogP) is 4.19. The van der Waals surface area contributed by atoms with Gasteiger partial charge in [-0.1, -0.05) is 69.0 Å². The number of carbonyl (C=O) groups is 1. The first-order chi connectivity index (χ1) is 13.4. The molecule has 0 saturated heterocycles. The minimum absolute atomic E-state index is 0.125. The first kappa shape index (κ1) is 22.1. The van der Waals surface area contributed by atoms with Crippen LogP contribution in [0.3, 0.4) is 0 Å². The van der Waals surface area contributed by atoms with E-state index in [1.165, 1.54) is 12.1 Å². The van der Waals surface area contributed by atoms with Crippen molar-refractivity contribution in [2.45, 2.75) is 61.7 Å². The van der Waals surface area contributed by atoms with Crippen molar-refractivity contribution in [1.29, 1.82) is 0 Å². The van der Waals surface area contributed by atoms with E-state index in [9.17, 15) is 18.3 Å². The third-order valence-corrected chi connectivity index (χ3v) is 6.90. The molecular weight excluding hydrogens is 374 g/mol. The van der Waals surface area contributed by atoms with Crippen LogP contribution >= 0.6 is 0 Å². The van der Waals surface area contributed by atoms with Crippen LogP contribution in [-0.2, 0) is 14.6 Å². The van der Waals surface area contributed by atoms with Crippen LogP contribution in [0.5, 0.6) is 0 Å². The van der Waals surface area contributed by atoms with Gasteiger partial charge in [-0.3, -0.25) is 4.79 Å².